The molecule has 0 saturated heterocycles. The van der Waals surface area contributed by atoms with Gasteiger partial charge in [-0.05, 0) is 37.0 Å². The number of rotatable bonds is 3. The van der Waals surface area contributed by atoms with E-state index in [2.05, 4.69) is 18.2 Å². The van der Waals surface area contributed by atoms with Gasteiger partial charge in [-0.1, -0.05) is 23.3 Å². The van der Waals surface area contributed by atoms with Crippen molar-refractivity contribution in [1.29, 1.82) is 0 Å². The molecule has 0 bridgehead atoms. The Labute approximate surface area is 114 Å². The van der Waals surface area contributed by atoms with Crippen molar-refractivity contribution < 1.29 is 9.53 Å². The van der Waals surface area contributed by atoms with Crippen LogP contribution in [0.5, 0.6) is 0 Å². The Balaban J connectivity index is 2.13. The highest BCUT2D eigenvalue weighted by molar-refractivity contribution is 5.78. The molecule has 0 aliphatic heterocycles. The van der Waals surface area contributed by atoms with Crippen molar-refractivity contribution in [1.82, 2.24) is 4.90 Å². The van der Waals surface area contributed by atoms with Crippen molar-refractivity contribution in [2.45, 2.75) is 25.7 Å². The van der Waals surface area contributed by atoms with Crippen molar-refractivity contribution in [3.05, 3.63) is 46.8 Å². The normalized spacial score (nSPS) is 18.3. The zero-order chi connectivity index (χ0) is 13.8. The third-order valence-corrected chi connectivity index (χ3v) is 3.61. The van der Waals surface area contributed by atoms with Gasteiger partial charge in [0.25, 0.3) is 0 Å². The fraction of sp³-hybridized carbons (Fsp3) is 0.438. The van der Waals surface area contributed by atoms with Crippen molar-refractivity contribution in [3.8, 4) is 0 Å². The van der Waals surface area contributed by atoms with Crippen LogP contribution in [0.1, 0.15) is 25.7 Å². The van der Waals surface area contributed by atoms with E-state index in [1.165, 1.54) is 16.7 Å². The molecule has 19 heavy (non-hydrogen) atoms. The van der Waals surface area contributed by atoms with Crippen LogP contribution >= 0.6 is 0 Å². The first kappa shape index (κ1) is 13.7. The molecule has 0 aromatic heterocycles. The molecule has 3 heteroatoms. The summed E-state index contributed by atoms with van der Waals surface area (Å²) in [4.78, 5) is 13.4. The molecule has 102 valence electrons. The van der Waals surface area contributed by atoms with Gasteiger partial charge in [-0.25, -0.2) is 0 Å². The highest BCUT2D eigenvalue weighted by Crippen LogP contribution is 2.31. The Bertz CT molecular complexity index is 493. The second kappa shape index (κ2) is 5.91. The smallest absolute Gasteiger partial charge is 0.226 e. The Morgan fingerprint density at radius 2 is 2.11 bits per heavy atom. The van der Waals surface area contributed by atoms with E-state index >= 15 is 0 Å². The molecule has 0 radical (unpaired) electrons. The molecule has 0 saturated carbocycles. The topological polar surface area (TPSA) is 29.5 Å². The number of hydrogen-bond donors (Lipinski definition) is 0. The summed E-state index contributed by atoms with van der Waals surface area (Å²) in [5.41, 5.74) is 3.91. The minimum atomic E-state index is 0.170. The fourth-order valence-corrected chi connectivity index (χ4v) is 2.34. The van der Waals surface area contributed by atoms with Gasteiger partial charge < -0.3 is 9.64 Å². The second-order valence-corrected chi connectivity index (χ2v) is 5.17. The molecule has 2 aliphatic carbocycles. The summed E-state index contributed by atoms with van der Waals surface area (Å²) in [5.74, 6) is 1.08. The minimum absolute atomic E-state index is 0.170. The number of ether oxygens (including phenoxy) is 1. The number of carbonyl (C=O) groups is 1. The van der Waals surface area contributed by atoms with Gasteiger partial charge in [0.05, 0.1) is 7.11 Å². The van der Waals surface area contributed by atoms with E-state index in [-0.39, 0.29) is 5.91 Å². The standard InChI is InChI=1S/C16H21NO2/c1-17(2)16(18)11-12-4-5-13-6-8-15(19-3)9-7-14(13)10-12/h7-10H,4-6,11H2,1-3H3. The summed E-state index contributed by atoms with van der Waals surface area (Å²) < 4.78 is 5.27. The van der Waals surface area contributed by atoms with Crippen LogP contribution in [0.2, 0.25) is 0 Å². The van der Waals surface area contributed by atoms with Gasteiger partial charge in [-0.15, -0.1) is 0 Å². The molecule has 0 fully saturated rings. The van der Waals surface area contributed by atoms with Crippen molar-refractivity contribution >= 4 is 5.91 Å². The van der Waals surface area contributed by atoms with Crippen LogP contribution in [0.4, 0.5) is 0 Å². The summed E-state index contributed by atoms with van der Waals surface area (Å²) >= 11 is 0. The number of amides is 1. The zero-order valence-electron chi connectivity index (χ0n) is 11.9. The Hall–Kier alpha value is -1.77. The average molecular weight is 259 g/mol. The van der Waals surface area contributed by atoms with Gasteiger partial charge in [0.1, 0.15) is 5.76 Å². The van der Waals surface area contributed by atoms with Gasteiger partial charge in [-0.3, -0.25) is 4.79 Å². The lowest BCUT2D eigenvalue weighted by Crippen LogP contribution is -2.22. The fourth-order valence-electron chi connectivity index (χ4n) is 2.34. The van der Waals surface area contributed by atoms with Crippen LogP contribution in [0.3, 0.4) is 0 Å². The van der Waals surface area contributed by atoms with Gasteiger partial charge in [0, 0.05) is 20.5 Å². The molecule has 0 aromatic rings. The first-order chi connectivity index (χ1) is 9.10. The molecule has 0 N–H and O–H groups in total. The number of allylic oxidation sites excluding steroid dienone is 6. The van der Waals surface area contributed by atoms with Crippen molar-refractivity contribution in [2.24, 2.45) is 0 Å². The van der Waals surface area contributed by atoms with E-state index in [1.54, 1.807) is 26.1 Å². The quantitative estimate of drug-likeness (QED) is 0.780. The largest absolute Gasteiger partial charge is 0.497 e. The molecular formula is C16H21NO2. The maximum atomic E-state index is 11.8. The first-order valence-corrected chi connectivity index (χ1v) is 6.64. The lowest BCUT2D eigenvalue weighted by atomic mass is 9.89. The average Bonchev–Trinajstić information content (AvgIpc) is 2.60. The van der Waals surface area contributed by atoms with Gasteiger partial charge in [0.2, 0.25) is 5.91 Å². The SMILES string of the molecule is COC1=CCC2=C(C=C1)C=C(CC(=O)N(C)C)CC2. The van der Waals surface area contributed by atoms with Crippen LogP contribution in [0, 0.1) is 0 Å². The van der Waals surface area contributed by atoms with E-state index < -0.39 is 0 Å². The molecule has 3 nitrogen and oxygen atoms in total. The summed E-state index contributed by atoms with van der Waals surface area (Å²) in [6.45, 7) is 0. The monoisotopic (exact) mass is 259 g/mol. The molecule has 1 amide bonds. The number of nitrogens with zero attached hydrogens (tertiary/aromatic N) is 1. The lowest BCUT2D eigenvalue weighted by Gasteiger charge is -2.18. The summed E-state index contributed by atoms with van der Waals surface area (Å²) in [6, 6.07) is 0. The van der Waals surface area contributed by atoms with E-state index in [0.717, 1.165) is 25.0 Å². The summed E-state index contributed by atoms with van der Waals surface area (Å²) in [7, 11) is 5.30. The third-order valence-electron chi connectivity index (χ3n) is 3.61. The third kappa shape index (κ3) is 3.37. The van der Waals surface area contributed by atoms with Gasteiger partial charge in [0.15, 0.2) is 0 Å². The van der Waals surface area contributed by atoms with Crippen molar-refractivity contribution in [2.75, 3.05) is 21.2 Å². The second-order valence-electron chi connectivity index (χ2n) is 5.17. The lowest BCUT2D eigenvalue weighted by molar-refractivity contribution is -0.127. The van der Waals surface area contributed by atoms with Crippen LogP contribution in [-0.4, -0.2) is 32.0 Å². The highest BCUT2D eigenvalue weighted by atomic mass is 16.5. The van der Waals surface area contributed by atoms with Crippen LogP contribution in [0.25, 0.3) is 0 Å². The van der Waals surface area contributed by atoms with Crippen LogP contribution < -0.4 is 0 Å². The Kier molecular flexibility index (Phi) is 4.25. The number of carbonyl (C=O) groups excluding carboxylic acids is 1. The Morgan fingerprint density at radius 1 is 1.32 bits per heavy atom. The first-order valence-electron chi connectivity index (χ1n) is 6.64. The molecular weight excluding hydrogens is 238 g/mol. The van der Waals surface area contributed by atoms with E-state index in [9.17, 15) is 4.79 Å². The molecule has 0 spiro atoms. The maximum Gasteiger partial charge on any atom is 0.226 e. The Morgan fingerprint density at radius 3 is 2.79 bits per heavy atom. The van der Waals surface area contributed by atoms with Gasteiger partial charge >= 0.3 is 0 Å². The maximum absolute atomic E-state index is 11.8. The van der Waals surface area contributed by atoms with E-state index in [1.807, 2.05) is 6.08 Å². The van der Waals surface area contributed by atoms with Crippen LogP contribution in [-0.2, 0) is 9.53 Å². The number of methoxy groups -OCH3 is 1. The van der Waals surface area contributed by atoms with E-state index in [0.29, 0.717) is 6.42 Å². The van der Waals surface area contributed by atoms with Crippen LogP contribution in [0.15, 0.2) is 46.8 Å². The predicted molar refractivity (Wildman–Crippen MR) is 76.5 cm³/mol. The molecule has 2 rings (SSSR count). The number of hydrogen-bond acceptors (Lipinski definition) is 2. The van der Waals surface area contributed by atoms with Gasteiger partial charge in [-0.2, -0.15) is 0 Å². The summed E-state index contributed by atoms with van der Waals surface area (Å²) in [6.07, 6.45) is 11.9. The molecule has 0 unspecified atom stereocenters. The minimum Gasteiger partial charge on any atom is -0.497 e. The highest BCUT2D eigenvalue weighted by Gasteiger charge is 2.16. The molecule has 0 heterocycles. The van der Waals surface area contributed by atoms with E-state index in [4.69, 9.17) is 4.74 Å². The molecule has 2 aliphatic rings. The van der Waals surface area contributed by atoms with Crippen molar-refractivity contribution in [3.63, 3.8) is 0 Å². The molecule has 0 aromatic carbocycles. The molecule has 0 atom stereocenters. The zero-order valence-corrected chi connectivity index (χ0v) is 11.9. The predicted octanol–water partition coefficient (Wildman–Crippen LogP) is 2.97. The summed E-state index contributed by atoms with van der Waals surface area (Å²) in [5, 5.41) is 0.